The number of rotatable bonds is 6. The summed E-state index contributed by atoms with van der Waals surface area (Å²) in [6.07, 6.45) is 2.15. The minimum Gasteiger partial charge on any atom is -0.346 e. The van der Waals surface area contributed by atoms with E-state index in [1.54, 1.807) is 0 Å². The van der Waals surface area contributed by atoms with E-state index < -0.39 is 0 Å². The van der Waals surface area contributed by atoms with Crippen LogP contribution in [-0.2, 0) is 13.0 Å². The van der Waals surface area contributed by atoms with E-state index in [-0.39, 0.29) is 5.54 Å². The van der Waals surface area contributed by atoms with Crippen molar-refractivity contribution in [1.29, 1.82) is 0 Å². The first-order valence-corrected chi connectivity index (χ1v) is 6.63. The molecule has 2 N–H and O–H groups in total. The van der Waals surface area contributed by atoms with Crippen LogP contribution in [0.2, 0.25) is 0 Å². The highest BCUT2D eigenvalue weighted by Gasteiger charge is 2.19. The Bertz CT molecular complexity index is 350. The van der Waals surface area contributed by atoms with E-state index in [9.17, 15) is 0 Å². The molecule has 0 aliphatic carbocycles. The molecule has 0 amide bonds. The van der Waals surface area contributed by atoms with Gasteiger partial charge in [-0.25, -0.2) is 4.98 Å². The van der Waals surface area contributed by atoms with Crippen molar-refractivity contribution in [2.24, 2.45) is 5.92 Å². The molecule has 1 rings (SSSR count). The third kappa shape index (κ3) is 4.50. The molecule has 0 aliphatic heterocycles. The van der Waals surface area contributed by atoms with Crippen molar-refractivity contribution in [3.05, 3.63) is 17.2 Å². The summed E-state index contributed by atoms with van der Waals surface area (Å²) in [5.74, 6) is 1.80. The minimum absolute atomic E-state index is 0.173. The molecular weight excluding hydrogens is 210 g/mol. The van der Waals surface area contributed by atoms with Crippen LogP contribution in [0.3, 0.4) is 0 Å². The second kappa shape index (κ2) is 5.67. The van der Waals surface area contributed by atoms with E-state index in [2.05, 4.69) is 56.8 Å². The second-order valence-electron chi connectivity index (χ2n) is 5.94. The average molecular weight is 237 g/mol. The summed E-state index contributed by atoms with van der Waals surface area (Å²) in [7, 11) is 0. The van der Waals surface area contributed by atoms with E-state index in [4.69, 9.17) is 0 Å². The Morgan fingerprint density at radius 2 is 2.00 bits per heavy atom. The van der Waals surface area contributed by atoms with Crippen molar-refractivity contribution in [2.75, 3.05) is 0 Å². The normalized spacial score (nSPS) is 12.4. The molecule has 0 fully saturated rings. The lowest BCUT2D eigenvalue weighted by Gasteiger charge is -2.28. The van der Waals surface area contributed by atoms with E-state index in [0.29, 0.717) is 5.92 Å². The van der Waals surface area contributed by atoms with Gasteiger partial charge in [-0.15, -0.1) is 0 Å². The number of imidazole rings is 1. The molecule has 0 aromatic carbocycles. The smallest absolute Gasteiger partial charge is 0.106 e. The quantitative estimate of drug-likeness (QED) is 0.797. The molecule has 1 aromatic heterocycles. The van der Waals surface area contributed by atoms with E-state index in [1.165, 1.54) is 12.1 Å². The van der Waals surface area contributed by atoms with Crippen molar-refractivity contribution in [2.45, 2.75) is 66.5 Å². The van der Waals surface area contributed by atoms with Gasteiger partial charge in [-0.05, 0) is 33.1 Å². The standard InChI is InChI=1S/C14H27N3/c1-7-13-16-11(4)12(17-13)9-15-14(5,6)8-10(2)3/h10,15H,7-9H2,1-6H3,(H,16,17). The van der Waals surface area contributed by atoms with Gasteiger partial charge in [-0.1, -0.05) is 20.8 Å². The summed E-state index contributed by atoms with van der Waals surface area (Å²) in [6, 6.07) is 0. The summed E-state index contributed by atoms with van der Waals surface area (Å²) in [5, 5.41) is 3.60. The monoisotopic (exact) mass is 237 g/mol. The van der Waals surface area contributed by atoms with Crippen molar-refractivity contribution in [3.8, 4) is 0 Å². The second-order valence-corrected chi connectivity index (χ2v) is 5.94. The molecule has 0 saturated heterocycles. The molecule has 0 atom stereocenters. The zero-order valence-electron chi connectivity index (χ0n) is 12.1. The predicted molar refractivity (Wildman–Crippen MR) is 73.1 cm³/mol. The molecule has 0 saturated carbocycles. The Labute approximate surface area is 105 Å². The lowest BCUT2D eigenvalue weighted by molar-refractivity contribution is 0.315. The topological polar surface area (TPSA) is 40.7 Å². The van der Waals surface area contributed by atoms with Gasteiger partial charge in [0.15, 0.2) is 0 Å². The van der Waals surface area contributed by atoms with Crippen LogP contribution in [0.25, 0.3) is 0 Å². The number of aromatic nitrogens is 2. The number of nitrogens with one attached hydrogen (secondary N) is 2. The van der Waals surface area contributed by atoms with Crippen LogP contribution < -0.4 is 5.32 Å². The van der Waals surface area contributed by atoms with Gasteiger partial charge < -0.3 is 10.3 Å². The summed E-state index contributed by atoms with van der Waals surface area (Å²) >= 11 is 0. The fraction of sp³-hybridized carbons (Fsp3) is 0.786. The zero-order chi connectivity index (χ0) is 13.1. The lowest BCUT2D eigenvalue weighted by atomic mass is 9.93. The zero-order valence-corrected chi connectivity index (χ0v) is 12.1. The molecule has 0 unspecified atom stereocenters. The summed E-state index contributed by atoms with van der Waals surface area (Å²) in [4.78, 5) is 7.91. The van der Waals surface area contributed by atoms with Crippen molar-refractivity contribution in [3.63, 3.8) is 0 Å². The van der Waals surface area contributed by atoms with Gasteiger partial charge in [-0.3, -0.25) is 0 Å². The van der Waals surface area contributed by atoms with E-state index >= 15 is 0 Å². The first-order valence-electron chi connectivity index (χ1n) is 6.63. The van der Waals surface area contributed by atoms with Gasteiger partial charge in [0.1, 0.15) is 5.82 Å². The first-order chi connectivity index (χ1) is 7.84. The number of nitrogens with zero attached hydrogens (tertiary/aromatic N) is 1. The maximum absolute atomic E-state index is 4.59. The van der Waals surface area contributed by atoms with Crippen LogP contribution in [-0.4, -0.2) is 15.5 Å². The summed E-state index contributed by atoms with van der Waals surface area (Å²) in [5.41, 5.74) is 2.51. The fourth-order valence-electron chi connectivity index (χ4n) is 2.32. The Morgan fingerprint density at radius 3 is 2.47 bits per heavy atom. The molecule has 0 aliphatic rings. The van der Waals surface area contributed by atoms with Crippen LogP contribution >= 0.6 is 0 Å². The van der Waals surface area contributed by atoms with Crippen LogP contribution in [0, 0.1) is 12.8 Å². The Hall–Kier alpha value is -0.830. The molecule has 0 spiro atoms. The molecule has 3 heteroatoms. The van der Waals surface area contributed by atoms with Gasteiger partial charge in [0, 0.05) is 24.2 Å². The molecule has 98 valence electrons. The number of H-pyrrole nitrogens is 1. The van der Waals surface area contributed by atoms with Gasteiger partial charge in [0.25, 0.3) is 0 Å². The van der Waals surface area contributed by atoms with Crippen LogP contribution in [0.4, 0.5) is 0 Å². The highest BCUT2D eigenvalue weighted by atomic mass is 15.0. The fourth-order valence-corrected chi connectivity index (χ4v) is 2.32. The van der Waals surface area contributed by atoms with Crippen LogP contribution in [0.15, 0.2) is 0 Å². The van der Waals surface area contributed by atoms with Gasteiger partial charge in [-0.2, -0.15) is 0 Å². The first kappa shape index (κ1) is 14.2. The van der Waals surface area contributed by atoms with Crippen LogP contribution in [0.1, 0.15) is 58.3 Å². The van der Waals surface area contributed by atoms with E-state index in [1.807, 2.05) is 0 Å². The largest absolute Gasteiger partial charge is 0.346 e. The SMILES string of the molecule is CCc1nc(CNC(C)(C)CC(C)C)c(C)[nH]1. The Morgan fingerprint density at radius 1 is 1.35 bits per heavy atom. The average Bonchev–Trinajstić information content (AvgIpc) is 2.54. The molecule has 0 bridgehead atoms. The molecule has 3 nitrogen and oxygen atoms in total. The van der Waals surface area contributed by atoms with Crippen molar-refractivity contribution >= 4 is 0 Å². The lowest BCUT2D eigenvalue weighted by Crippen LogP contribution is -2.40. The Balaban J connectivity index is 2.57. The Kier molecular flexibility index (Phi) is 4.75. The number of aromatic amines is 1. The molecular formula is C14H27N3. The third-order valence-electron chi connectivity index (χ3n) is 3.02. The van der Waals surface area contributed by atoms with Crippen molar-refractivity contribution < 1.29 is 0 Å². The molecule has 0 radical (unpaired) electrons. The molecule has 17 heavy (non-hydrogen) atoms. The minimum atomic E-state index is 0.173. The highest BCUT2D eigenvalue weighted by molar-refractivity contribution is 5.13. The van der Waals surface area contributed by atoms with Gasteiger partial charge in [0.05, 0.1) is 5.69 Å². The highest BCUT2D eigenvalue weighted by Crippen LogP contribution is 2.16. The summed E-state index contributed by atoms with van der Waals surface area (Å²) < 4.78 is 0. The van der Waals surface area contributed by atoms with Gasteiger partial charge >= 0.3 is 0 Å². The maximum atomic E-state index is 4.59. The molecule has 1 aromatic rings. The van der Waals surface area contributed by atoms with E-state index in [0.717, 1.165) is 24.5 Å². The maximum Gasteiger partial charge on any atom is 0.106 e. The third-order valence-corrected chi connectivity index (χ3v) is 3.02. The van der Waals surface area contributed by atoms with Gasteiger partial charge in [0.2, 0.25) is 0 Å². The summed E-state index contributed by atoms with van der Waals surface area (Å²) in [6.45, 7) is 14.1. The predicted octanol–water partition coefficient (Wildman–Crippen LogP) is 3.19. The number of hydrogen-bond acceptors (Lipinski definition) is 2. The van der Waals surface area contributed by atoms with Crippen LogP contribution in [0.5, 0.6) is 0 Å². The molecule has 1 heterocycles. The van der Waals surface area contributed by atoms with Crippen molar-refractivity contribution in [1.82, 2.24) is 15.3 Å². The number of hydrogen-bond donors (Lipinski definition) is 2. The number of aryl methyl sites for hydroxylation is 2.